The van der Waals surface area contributed by atoms with Gasteiger partial charge in [-0.3, -0.25) is 19.5 Å². The summed E-state index contributed by atoms with van der Waals surface area (Å²) in [5.41, 5.74) is 0.876. The molecule has 10 nitrogen and oxygen atoms in total. The van der Waals surface area contributed by atoms with Crippen LogP contribution in [0.1, 0.15) is 50.3 Å². The van der Waals surface area contributed by atoms with Gasteiger partial charge in [0.15, 0.2) is 16.3 Å². The number of methoxy groups -OCH3 is 1. The van der Waals surface area contributed by atoms with E-state index >= 15 is 0 Å². The van der Waals surface area contributed by atoms with Crippen molar-refractivity contribution in [3.05, 3.63) is 107 Å². The number of aromatic nitrogens is 1. The van der Waals surface area contributed by atoms with Crippen LogP contribution in [0, 0.1) is 10.1 Å². The van der Waals surface area contributed by atoms with Gasteiger partial charge < -0.3 is 14.2 Å². The number of unbranched alkanes of at least 4 members (excludes halogenated alkanes) is 2. The lowest BCUT2D eigenvalue weighted by Gasteiger charge is -2.25. The van der Waals surface area contributed by atoms with Crippen LogP contribution in [0.25, 0.3) is 6.08 Å². The molecule has 0 aliphatic carbocycles. The summed E-state index contributed by atoms with van der Waals surface area (Å²) in [5.74, 6) is 0.366. The average molecular weight is 578 g/mol. The number of carbonyl (C=O) groups is 1. The largest absolute Gasteiger partial charge is 0.493 e. The van der Waals surface area contributed by atoms with Crippen molar-refractivity contribution in [2.24, 2.45) is 4.99 Å². The first-order valence-corrected chi connectivity index (χ1v) is 14.0. The van der Waals surface area contributed by atoms with E-state index in [9.17, 15) is 19.7 Å². The summed E-state index contributed by atoms with van der Waals surface area (Å²) in [4.78, 5) is 43.1. The Kier molecular flexibility index (Phi) is 9.51. The number of fused-ring (bicyclic) bond motifs is 1. The molecule has 11 heteroatoms. The van der Waals surface area contributed by atoms with Gasteiger partial charge in [0.05, 0.1) is 46.0 Å². The van der Waals surface area contributed by atoms with E-state index in [-0.39, 0.29) is 28.0 Å². The third kappa shape index (κ3) is 6.30. The molecule has 0 saturated carbocycles. The van der Waals surface area contributed by atoms with Crippen LogP contribution in [0.4, 0.5) is 5.69 Å². The highest BCUT2D eigenvalue weighted by Gasteiger charge is 2.34. The first kappa shape index (κ1) is 29.5. The fourth-order valence-electron chi connectivity index (χ4n) is 4.54. The fourth-order valence-corrected chi connectivity index (χ4v) is 5.57. The Morgan fingerprint density at radius 3 is 2.71 bits per heavy atom. The number of esters is 1. The molecule has 0 N–H and O–H groups in total. The Morgan fingerprint density at radius 2 is 2.00 bits per heavy atom. The van der Waals surface area contributed by atoms with Crippen molar-refractivity contribution in [2.75, 3.05) is 20.3 Å². The van der Waals surface area contributed by atoms with Crippen LogP contribution in [-0.2, 0) is 9.53 Å². The molecule has 3 aromatic rings. The van der Waals surface area contributed by atoms with Crippen molar-refractivity contribution in [1.29, 1.82) is 0 Å². The number of nitrogens with zero attached hydrogens (tertiary/aromatic N) is 3. The van der Waals surface area contributed by atoms with Gasteiger partial charge in [0.2, 0.25) is 0 Å². The molecule has 41 heavy (non-hydrogen) atoms. The van der Waals surface area contributed by atoms with Gasteiger partial charge in [-0.05, 0) is 43.2 Å². The van der Waals surface area contributed by atoms with Gasteiger partial charge in [0.25, 0.3) is 11.2 Å². The van der Waals surface area contributed by atoms with Crippen LogP contribution in [0.5, 0.6) is 11.5 Å². The van der Waals surface area contributed by atoms with Gasteiger partial charge in [0, 0.05) is 6.07 Å². The fraction of sp³-hybridized carbons (Fsp3) is 0.300. The topological polar surface area (TPSA) is 122 Å². The second-order valence-electron chi connectivity index (χ2n) is 9.25. The number of allylic oxidation sites excluding steroid dienone is 1. The minimum Gasteiger partial charge on any atom is -0.493 e. The van der Waals surface area contributed by atoms with Crippen molar-refractivity contribution in [3.63, 3.8) is 0 Å². The molecule has 2 heterocycles. The van der Waals surface area contributed by atoms with Crippen molar-refractivity contribution in [1.82, 2.24) is 4.57 Å². The highest BCUT2D eigenvalue weighted by molar-refractivity contribution is 7.07. The number of nitro groups is 1. The maximum Gasteiger partial charge on any atom is 0.338 e. The second kappa shape index (κ2) is 13.2. The number of hydrogen-bond donors (Lipinski definition) is 0. The zero-order chi connectivity index (χ0) is 29.5. The Hall–Kier alpha value is -4.51. The van der Waals surface area contributed by atoms with E-state index in [0.717, 1.165) is 30.6 Å². The molecule has 4 rings (SSSR count). The summed E-state index contributed by atoms with van der Waals surface area (Å²) in [7, 11) is 1.52. The van der Waals surface area contributed by atoms with E-state index in [0.29, 0.717) is 34.2 Å². The third-order valence-electron chi connectivity index (χ3n) is 6.50. The van der Waals surface area contributed by atoms with Crippen LogP contribution in [0.15, 0.2) is 76.2 Å². The van der Waals surface area contributed by atoms with Gasteiger partial charge in [-0.15, -0.1) is 0 Å². The van der Waals surface area contributed by atoms with E-state index in [1.807, 2.05) is 0 Å². The lowest BCUT2D eigenvalue weighted by molar-refractivity contribution is -0.385. The third-order valence-corrected chi connectivity index (χ3v) is 7.49. The molecule has 0 saturated heterocycles. The number of ether oxygens (including phenoxy) is 3. The molecule has 0 spiro atoms. The van der Waals surface area contributed by atoms with Crippen molar-refractivity contribution < 1.29 is 23.9 Å². The zero-order valence-electron chi connectivity index (χ0n) is 23.1. The quantitative estimate of drug-likeness (QED) is 0.102. The number of rotatable bonds is 12. The Bertz CT molecular complexity index is 1690. The Balaban J connectivity index is 1.88. The predicted molar refractivity (Wildman–Crippen MR) is 156 cm³/mol. The molecule has 1 aliphatic rings. The van der Waals surface area contributed by atoms with Gasteiger partial charge in [0.1, 0.15) is 6.61 Å². The van der Waals surface area contributed by atoms with Crippen LogP contribution < -0.4 is 24.4 Å². The van der Waals surface area contributed by atoms with Crippen LogP contribution in [0.2, 0.25) is 0 Å². The Morgan fingerprint density at radius 1 is 1.22 bits per heavy atom. The van der Waals surface area contributed by atoms with E-state index in [1.54, 1.807) is 43.3 Å². The molecule has 1 unspecified atom stereocenters. The minimum absolute atomic E-state index is 0.0156. The highest BCUT2D eigenvalue weighted by Crippen LogP contribution is 2.36. The molecular formula is C30H31N3O7S. The van der Waals surface area contributed by atoms with Gasteiger partial charge in [-0.25, -0.2) is 9.79 Å². The number of nitro benzene ring substituents is 1. The second-order valence-corrected chi connectivity index (χ2v) is 10.3. The lowest BCUT2D eigenvalue weighted by atomic mass is 9.95. The van der Waals surface area contributed by atoms with Gasteiger partial charge in [-0.1, -0.05) is 62.0 Å². The Labute approximate surface area is 240 Å². The molecule has 214 valence electrons. The maximum absolute atomic E-state index is 13.9. The smallest absolute Gasteiger partial charge is 0.338 e. The number of carbonyl (C=O) groups excluding carboxylic acids is 1. The van der Waals surface area contributed by atoms with E-state index in [2.05, 4.69) is 18.5 Å². The monoisotopic (exact) mass is 577 g/mol. The number of thiazole rings is 1. The minimum atomic E-state index is -0.889. The highest BCUT2D eigenvalue weighted by atomic mass is 32.1. The lowest BCUT2D eigenvalue weighted by Crippen LogP contribution is -2.40. The molecule has 2 aromatic carbocycles. The van der Waals surface area contributed by atoms with Crippen molar-refractivity contribution in [3.8, 4) is 11.5 Å². The van der Waals surface area contributed by atoms with E-state index in [4.69, 9.17) is 14.2 Å². The van der Waals surface area contributed by atoms with Gasteiger partial charge >= 0.3 is 5.97 Å². The first-order valence-electron chi connectivity index (χ1n) is 13.1. The van der Waals surface area contributed by atoms with Crippen LogP contribution in [0.3, 0.4) is 0 Å². The van der Waals surface area contributed by atoms with E-state index < -0.39 is 22.5 Å². The SMILES string of the molecule is C=CCOC(=O)C1=C(C)N=c2s/c(=C\c3ccccc3[N+](=O)[O-])c(=O)n2C1c1ccc(OCCCCC)c(OC)c1. The summed E-state index contributed by atoms with van der Waals surface area (Å²) in [6.07, 6.45) is 5.94. The predicted octanol–water partition coefficient (Wildman–Crippen LogP) is 4.45. The molecule has 0 radical (unpaired) electrons. The first-order chi connectivity index (χ1) is 19.8. The summed E-state index contributed by atoms with van der Waals surface area (Å²) in [6.45, 7) is 7.91. The van der Waals surface area contributed by atoms with Crippen molar-refractivity contribution >= 4 is 29.1 Å². The molecule has 0 amide bonds. The molecule has 0 fully saturated rings. The van der Waals surface area contributed by atoms with Gasteiger partial charge in [-0.2, -0.15) is 0 Å². The molecule has 1 aromatic heterocycles. The molecule has 1 aliphatic heterocycles. The molecule has 0 bridgehead atoms. The van der Waals surface area contributed by atoms with Crippen LogP contribution >= 0.6 is 11.3 Å². The maximum atomic E-state index is 13.9. The number of benzene rings is 2. The van der Waals surface area contributed by atoms with Crippen molar-refractivity contribution in [2.45, 2.75) is 39.2 Å². The number of para-hydroxylation sites is 1. The van der Waals surface area contributed by atoms with E-state index in [1.165, 1.54) is 29.9 Å². The number of hydrogen-bond acceptors (Lipinski definition) is 9. The zero-order valence-corrected chi connectivity index (χ0v) is 23.9. The molecule has 1 atom stereocenters. The summed E-state index contributed by atoms with van der Waals surface area (Å²) < 4.78 is 18.6. The van der Waals surface area contributed by atoms with Crippen LogP contribution in [-0.4, -0.2) is 35.8 Å². The summed E-state index contributed by atoms with van der Waals surface area (Å²) >= 11 is 1.09. The molecular weight excluding hydrogens is 546 g/mol. The standard InChI is InChI=1S/C30H31N3O7S/c1-5-7-10-16-39-23-14-13-21(17-24(23)38-4)27-26(29(35)40-15-6-2)19(3)31-30-32(27)28(34)25(41-30)18-20-11-8-9-12-22(20)33(36)37/h6,8-9,11-14,17-18,27H,2,5,7,10,15-16H2,1,3-4H3/b25-18-. The average Bonchev–Trinajstić information content (AvgIpc) is 3.27. The normalized spacial score (nSPS) is 14.7. The summed E-state index contributed by atoms with van der Waals surface area (Å²) in [5, 5.41) is 11.6. The summed E-state index contributed by atoms with van der Waals surface area (Å²) in [6, 6.07) is 10.5.